The van der Waals surface area contributed by atoms with Gasteiger partial charge in [0.1, 0.15) is 5.82 Å². The zero-order valence-electron chi connectivity index (χ0n) is 8.56. The van der Waals surface area contributed by atoms with Gasteiger partial charge < -0.3 is 15.0 Å². The molecular weight excluding hydrogens is 200 g/mol. The average Bonchev–Trinajstić information content (AvgIpc) is 2.60. The Hall–Kier alpha value is -0.590. The summed E-state index contributed by atoms with van der Waals surface area (Å²) in [6.45, 7) is 6.00. The van der Waals surface area contributed by atoms with Gasteiger partial charge in [-0.2, -0.15) is 0 Å². The lowest BCUT2D eigenvalue weighted by Gasteiger charge is -2.05. The van der Waals surface area contributed by atoms with E-state index in [1.54, 1.807) is 11.8 Å². The molecule has 0 bridgehead atoms. The van der Waals surface area contributed by atoms with Gasteiger partial charge in [0.15, 0.2) is 5.16 Å². The number of aromatic nitrogens is 3. The van der Waals surface area contributed by atoms with Gasteiger partial charge in [-0.05, 0) is 13.8 Å². The predicted molar refractivity (Wildman–Crippen MR) is 55.9 cm³/mol. The maximum absolute atomic E-state index is 5.53. The Labute approximate surface area is 88.0 Å². The summed E-state index contributed by atoms with van der Waals surface area (Å²) in [6.07, 6.45) is 0. The van der Waals surface area contributed by atoms with Crippen molar-refractivity contribution >= 4 is 11.8 Å². The molecule has 1 aromatic heterocycles. The fourth-order valence-corrected chi connectivity index (χ4v) is 1.92. The summed E-state index contributed by atoms with van der Waals surface area (Å²) in [5.74, 6) is 1.44. The molecule has 0 unspecified atom stereocenters. The zero-order chi connectivity index (χ0) is 10.4. The van der Waals surface area contributed by atoms with Gasteiger partial charge in [0.2, 0.25) is 0 Å². The zero-order valence-corrected chi connectivity index (χ0v) is 9.38. The van der Waals surface area contributed by atoms with Crippen molar-refractivity contribution in [1.82, 2.24) is 14.8 Å². The number of nitrogens with zero attached hydrogens (tertiary/aromatic N) is 3. The molecule has 0 spiro atoms. The molecule has 14 heavy (non-hydrogen) atoms. The highest BCUT2D eigenvalue weighted by Gasteiger charge is 2.08. The van der Waals surface area contributed by atoms with Crippen LogP contribution < -0.4 is 5.73 Å². The van der Waals surface area contributed by atoms with Crippen LogP contribution in [-0.2, 0) is 17.8 Å². The van der Waals surface area contributed by atoms with Crippen LogP contribution in [-0.4, -0.2) is 27.3 Å². The van der Waals surface area contributed by atoms with Gasteiger partial charge in [-0.25, -0.2) is 0 Å². The van der Waals surface area contributed by atoms with Crippen molar-refractivity contribution in [2.24, 2.45) is 5.73 Å². The fraction of sp³-hybridized carbons (Fsp3) is 0.750. The van der Waals surface area contributed by atoms with E-state index < -0.39 is 0 Å². The van der Waals surface area contributed by atoms with Gasteiger partial charge in [0.25, 0.3) is 0 Å². The van der Waals surface area contributed by atoms with Crippen LogP contribution in [0.1, 0.15) is 19.7 Å². The Kier molecular flexibility index (Phi) is 4.92. The first-order valence-corrected chi connectivity index (χ1v) is 5.64. The van der Waals surface area contributed by atoms with E-state index in [2.05, 4.69) is 10.2 Å². The SMILES string of the molecule is CCOCSc1nnc(CN)n1CC. The van der Waals surface area contributed by atoms with Gasteiger partial charge in [-0.3, -0.25) is 0 Å². The average molecular weight is 216 g/mol. The lowest BCUT2D eigenvalue weighted by Crippen LogP contribution is -2.08. The molecule has 5 nitrogen and oxygen atoms in total. The molecule has 0 aromatic carbocycles. The van der Waals surface area contributed by atoms with Crippen molar-refractivity contribution in [3.8, 4) is 0 Å². The van der Waals surface area contributed by atoms with Crippen LogP contribution in [0.5, 0.6) is 0 Å². The normalized spacial score (nSPS) is 10.8. The molecule has 0 atom stereocenters. The first-order chi connectivity index (χ1) is 6.83. The summed E-state index contributed by atoms with van der Waals surface area (Å²) < 4.78 is 7.23. The second-order valence-corrected chi connectivity index (χ2v) is 3.49. The molecule has 0 saturated carbocycles. The quantitative estimate of drug-likeness (QED) is 0.433. The smallest absolute Gasteiger partial charge is 0.193 e. The molecule has 1 aromatic rings. The van der Waals surface area contributed by atoms with Crippen molar-refractivity contribution in [3.63, 3.8) is 0 Å². The Balaban J connectivity index is 2.61. The molecule has 0 amide bonds. The number of thioether (sulfide) groups is 1. The molecule has 0 radical (unpaired) electrons. The van der Waals surface area contributed by atoms with E-state index in [1.165, 1.54) is 0 Å². The van der Waals surface area contributed by atoms with Gasteiger partial charge in [-0.15, -0.1) is 10.2 Å². The van der Waals surface area contributed by atoms with Crippen LogP contribution in [0.2, 0.25) is 0 Å². The summed E-state index contributed by atoms with van der Waals surface area (Å²) in [5, 5.41) is 8.92. The molecular formula is C8H16N4OS. The number of nitrogens with two attached hydrogens (primary N) is 1. The second-order valence-electron chi connectivity index (χ2n) is 2.60. The number of ether oxygens (including phenoxy) is 1. The minimum Gasteiger partial charge on any atom is -0.371 e. The van der Waals surface area contributed by atoms with E-state index in [4.69, 9.17) is 10.5 Å². The minimum atomic E-state index is 0.427. The van der Waals surface area contributed by atoms with E-state index in [0.29, 0.717) is 12.5 Å². The molecule has 2 N–H and O–H groups in total. The van der Waals surface area contributed by atoms with Crippen LogP contribution in [0.15, 0.2) is 5.16 Å². The molecule has 80 valence electrons. The highest BCUT2D eigenvalue weighted by molar-refractivity contribution is 7.99. The third-order valence-electron chi connectivity index (χ3n) is 1.77. The Morgan fingerprint density at radius 1 is 1.43 bits per heavy atom. The van der Waals surface area contributed by atoms with Crippen LogP contribution in [0, 0.1) is 0 Å². The van der Waals surface area contributed by atoms with Gasteiger partial charge in [0.05, 0.1) is 12.5 Å². The van der Waals surface area contributed by atoms with E-state index >= 15 is 0 Å². The van der Waals surface area contributed by atoms with Crippen molar-refractivity contribution in [2.45, 2.75) is 32.1 Å². The summed E-state index contributed by atoms with van der Waals surface area (Å²) in [4.78, 5) is 0. The van der Waals surface area contributed by atoms with E-state index in [0.717, 1.165) is 24.1 Å². The van der Waals surface area contributed by atoms with E-state index in [1.807, 2.05) is 18.4 Å². The highest BCUT2D eigenvalue weighted by atomic mass is 32.2. The van der Waals surface area contributed by atoms with Crippen molar-refractivity contribution in [2.75, 3.05) is 12.5 Å². The van der Waals surface area contributed by atoms with Crippen molar-refractivity contribution in [3.05, 3.63) is 5.82 Å². The number of hydrogen-bond acceptors (Lipinski definition) is 5. The number of hydrogen-bond donors (Lipinski definition) is 1. The van der Waals surface area contributed by atoms with Crippen molar-refractivity contribution < 1.29 is 4.74 Å². The Morgan fingerprint density at radius 2 is 2.21 bits per heavy atom. The summed E-state index contributed by atoms with van der Waals surface area (Å²) in [7, 11) is 0. The van der Waals surface area contributed by atoms with Crippen molar-refractivity contribution in [1.29, 1.82) is 0 Å². The van der Waals surface area contributed by atoms with Gasteiger partial charge in [-0.1, -0.05) is 11.8 Å². The Morgan fingerprint density at radius 3 is 2.79 bits per heavy atom. The molecule has 6 heteroatoms. The molecule has 1 heterocycles. The molecule has 0 aliphatic rings. The molecule has 0 fully saturated rings. The summed E-state index contributed by atoms with van der Waals surface area (Å²) in [6, 6.07) is 0. The first-order valence-electron chi connectivity index (χ1n) is 4.66. The third kappa shape index (κ3) is 2.70. The topological polar surface area (TPSA) is 66.0 Å². The summed E-state index contributed by atoms with van der Waals surface area (Å²) >= 11 is 1.54. The van der Waals surface area contributed by atoms with Crippen LogP contribution in [0.25, 0.3) is 0 Å². The van der Waals surface area contributed by atoms with Crippen LogP contribution in [0.4, 0.5) is 0 Å². The lowest BCUT2D eigenvalue weighted by atomic mass is 10.6. The van der Waals surface area contributed by atoms with Crippen LogP contribution >= 0.6 is 11.8 Å². The Bertz CT molecular complexity index is 276. The highest BCUT2D eigenvalue weighted by Crippen LogP contribution is 2.16. The predicted octanol–water partition coefficient (Wildman–Crippen LogP) is 0.843. The van der Waals surface area contributed by atoms with Gasteiger partial charge in [0, 0.05) is 13.2 Å². The third-order valence-corrected chi connectivity index (χ3v) is 2.61. The fourth-order valence-electron chi connectivity index (χ4n) is 1.07. The largest absolute Gasteiger partial charge is 0.371 e. The molecule has 0 aliphatic heterocycles. The lowest BCUT2D eigenvalue weighted by molar-refractivity contribution is 0.199. The first kappa shape index (κ1) is 11.5. The summed E-state index contributed by atoms with van der Waals surface area (Å²) in [5.41, 5.74) is 5.53. The molecule has 0 saturated heterocycles. The second kappa shape index (κ2) is 6.00. The van der Waals surface area contributed by atoms with Gasteiger partial charge >= 0.3 is 0 Å². The monoisotopic (exact) mass is 216 g/mol. The van der Waals surface area contributed by atoms with E-state index in [9.17, 15) is 0 Å². The molecule has 0 aliphatic carbocycles. The van der Waals surface area contributed by atoms with E-state index in [-0.39, 0.29) is 0 Å². The maximum Gasteiger partial charge on any atom is 0.193 e. The maximum atomic E-state index is 5.53. The number of rotatable bonds is 6. The standard InChI is InChI=1S/C8H16N4OS/c1-3-12-7(5-9)10-11-8(12)14-6-13-4-2/h3-6,9H2,1-2H3. The minimum absolute atomic E-state index is 0.427. The molecule has 1 rings (SSSR count). The van der Waals surface area contributed by atoms with Crippen LogP contribution in [0.3, 0.4) is 0 Å².